The molecule has 3 heterocycles. The Morgan fingerprint density at radius 1 is 1.10 bits per heavy atom. The number of pyridine rings is 1. The normalized spacial score (nSPS) is 12.5. The van der Waals surface area contributed by atoms with Gasteiger partial charge in [0.05, 0.1) is 23.4 Å². The second kappa shape index (κ2) is 9.87. The smallest absolute Gasteiger partial charge is 0.285 e. The summed E-state index contributed by atoms with van der Waals surface area (Å²) in [7, 11) is -3.83. The molecule has 0 aliphatic rings. The standard InChI is InChI=1S/C28H25ClN4O5S/c1-14-11-19(16(3)31-21-7-8-23(29)32-24(21)28(35)33-39(4,36)37)27-20(12-14)25(34)15(2)26(38-27)18-6-5-17-9-10-30-22(17)13-18/h5-13,16,30-31H,1-4H3,(H,33,35). The predicted octanol–water partition coefficient (Wildman–Crippen LogP) is 5.47. The van der Waals surface area contributed by atoms with Gasteiger partial charge in [0, 0.05) is 28.4 Å². The van der Waals surface area contributed by atoms with Gasteiger partial charge in [0.1, 0.15) is 16.5 Å². The monoisotopic (exact) mass is 564 g/mol. The highest BCUT2D eigenvalue weighted by Gasteiger charge is 2.22. The van der Waals surface area contributed by atoms with Crippen molar-refractivity contribution in [1.29, 1.82) is 0 Å². The summed E-state index contributed by atoms with van der Waals surface area (Å²) in [5.41, 5.74) is 4.03. The molecule has 0 fully saturated rings. The van der Waals surface area contributed by atoms with E-state index in [4.69, 9.17) is 16.0 Å². The van der Waals surface area contributed by atoms with Gasteiger partial charge in [-0.2, -0.15) is 0 Å². The molecule has 5 aromatic rings. The molecule has 200 valence electrons. The van der Waals surface area contributed by atoms with Gasteiger partial charge < -0.3 is 14.7 Å². The first-order valence-electron chi connectivity index (χ1n) is 12.0. The summed E-state index contributed by atoms with van der Waals surface area (Å²) >= 11 is 6.00. The van der Waals surface area contributed by atoms with Crippen molar-refractivity contribution in [3.63, 3.8) is 0 Å². The number of amides is 1. The first-order chi connectivity index (χ1) is 18.4. The molecule has 3 aromatic heterocycles. The average Bonchev–Trinajstić information content (AvgIpc) is 3.34. The number of anilines is 1. The lowest BCUT2D eigenvalue weighted by atomic mass is 9.98. The molecule has 1 amide bonds. The van der Waals surface area contributed by atoms with Gasteiger partial charge in [-0.1, -0.05) is 29.8 Å². The van der Waals surface area contributed by atoms with Gasteiger partial charge in [-0.25, -0.2) is 18.1 Å². The van der Waals surface area contributed by atoms with Crippen molar-refractivity contribution in [3.05, 3.63) is 92.5 Å². The van der Waals surface area contributed by atoms with Gasteiger partial charge in [0.2, 0.25) is 10.0 Å². The number of nitrogens with zero attached hydrogens (tertiary/aromatic N) is 1. The van der Waals surface area contributed by atoms with Crippen LogP contribution < -0.4 is 15.5 Å². The number of fused-ring (bicyclic) bond motifs is 2. The van der Waals surface area contributed by atoms with Crippen LogP contribution in [-0.2, 0) is 10.0 Å². The number of benzene rings is 2. The fourth-order valence-electron chi connectivity index (χ4n) is 4.61. The van der Waals surface area contributed by atoms with Gasteiger partial charge >= 0.3 is 0 Å². The summed E-state index contributed by atoms with van der Waals surface area (Å²) in [4.78, 5) is 33.4. The molecule has 39 heavy (non-hydrogen) atoms. The van der Waals surface area contributed by atoms with E-state index in [-0.39, 0.29) is 22.0 Å². The predicted molar refractivity (Wildman–Crippen MR) is 153 cm³/mol. The van der Waals surface area contributed by atoms with Crippen LogP contribution in [0.3, 0.4) is 0 Å². The van der Waals surface area contributed by atoms with E-state index in [1.807, 2.05) is 55.1 Å². The minimum absolute atomic E-state index is 0.0259. The van der Waals surface area contributed by atoms with Gasteiger partial charge in [-0.3, -0.25) is 9.59 Å². The molecular weight excluding hydrogens is 540 g/mol. The maximum Gasteiger partial charge on any atom is 0.285 e. The highest BCUT2D eigenvalue weighted by Crippen LogP contribution is 2.33. The van der Waals surface area contributed by atoms with E-state index in [1.165, 1.54) is 6.07 Å². The van der Waals surface area contributed by atoms with Crippen molar-refractivity contribution in [2.75, 3.05) is 11.6 Å². The molecule has 1 atom stereocenters. The van der Waals surface area contributed by atoms with Crippen LogP contribution in [0.25, 0.3) is 33.2 Å². The number of hydrogen-bond acceptors (Lipinski definition) is 7. The number of carbonyl (C=O) groups is 1. The molecule has 5 rings (SSSR count). The number of nitrogens with one attached hydrogen (secondary N) is 3. The molecule has 0 radical (unpaired) electrons. The Labute approximate surface area is 229 Å². The second-order valence-electron chi connectivity index (χ2n) is 9.50. The molecule has 0 saturated carbocycles. The zero-order valence-corrected chi connectivity index (χ0v) is 23.1. The number of aryl methyl sites for hydroxylation is 1. The Bertz CT molecular complexity index is 1950. The van der Waals surface area contributed by atoms with Crippen LogP contribution in [-0.4, -0.2) is 30.5 Å². The molecule has 0 saturated heterocycles. The van der Waals surface area contributed by atoms with Crippen molar-refractivity contribution in [1.82, 2.24) is 14.7 Å². The van der Waals surface area contributed by atoms with E-state index in [0.29, 0.717) is 27.9 Å². The zero-order valence-electron chi connectivity index (χ0n) is 21.5. The number of aromatic nitrogens is 2. The van der Waals surface area contributed by atoms with E-state index in [0.717, 1.165) is 28.3 Å². The molecule has 0 aliphatic heterocycles. The summed E-state index contributed by atoms with van der Waals surface area (Å²) in [6.07, 6.45) is 2.72. The molecule has 0 bridgehead atoms. The minimum atomic E-state index is -3.83. The fraction of sp³-hybridized carbons (Fsp3) is 0.179. The third-order valence-electron chi connectivity index (χ3n) is 6.40. The van der Waals surface area contributed by atoms with Crippen molar-refractivity contribution in [2.24, 2.45) is 0 Å². The van der Waals surface area contributed by atoms with E-state index in [2.05, 4.69) is 15.3 Å². The largest absolute Gasteiger partial charge is 0.455 e. The Hall–Kier alpha value is -4.15. The number of hydrogen-bond donors (Lipinski definition) is 3. The molecule has 3 N–H and O–H groups in total. The van der Waals surface area contributed by atoms with Crippen LogP contribution in [0.15, 0.2) is 63.9 Å². The van der Waals surface area contributed by atoms with Crippen LogP contribution >= 0.6 is 11.6 Å². The van der Waals surface area contributed by atoms with E-state index >= 15 is 0 Å². The number of halogens is 1. The molecule has 0 spiro atoms. The summed E-state index contributed by atoms with van der Waals surface area (Å²) in [6.45, 7) is 5.47. The second-order valence-corrected chi connectivity index (χ2v) is 11.6. The van der Waals surface area contributed by atoms with Gasteiger partial charge in [-0.15, -0.1) is 0 Å². The van der Waals surface area contributed by atoms with Crippen molar-refractivity contribution in [3.8, 4) is 11.3 Å². The number of aromatic amines is 1. The first kappa shape index (κ1) is 26.5. The number of H-pyrrole nitrogens is 1. The molecule has 1 unspecified atom stereocenters. The summed E-state index contributed by atoms with van der Waals surface area (Å²) in [5, 5.41) is 4.71. The van der Waals surface area contributed by atoms with E-state index in [1.54, 1.807) is 19.1 Å². The van der Waals surface area contributed by atoms with Crippen molar-refractivity contribution < 1.29 is 17.6 Å². The Kier molecular flexibility index (Phi) is 6.69. The maximum absolute atomic E-state index is 13.5. The van der Waals surface area contributed by atoms with Crippen LogP contribution in [0.5, 0.6) is 0 Å². The highest BCUT2D eigenvalue weighted by atomic mass is 35.5. The quantitative estimate of drug-likeness (QED) is 0.233. The molecule has 0 aliphatic carbocycles. The molecule has 9 nitrogen and oxygen atoms in total. The van der Waals surface area contributed by atoms with Gasteiger partial charge in [0.25, 0.3) is 5.91 Å². The third-order valence-corrected chi connectivity index (χ3v) is 7.17. The average molecular weight is 565 g/mol. The number of carbonyl (C=O) groups excluding carboxylic acids is 1. The summed E-state index contributed by atoms with van der Waals surface area (Å²) in [5.74, 6) is -0.462. The van der Waals surface area contributed by atoms with Crippen molar-refractivity contribution >= 4 is 55.1 Å². The Balaban J connectivity index is 1.62. The van der Waals surface area contributed by atoms with Crippen LogP contribution in [0.4, 0.5) is 5.69 Å². The van der Waals surface area contributed by atoms with Gasteiger partial charge in [-0.05, 0) is 62.1 Å². The number of rotatable bonds is 6. The van der Waals surface area contributed by atoms with E-state index in [9.17, 15) is 18.0 Å². The lowest BCUT2D eigenvalue weighted by molar-refractivity contribution is 0.0977. The zero-order chi connectivity index (χ0) is 28.1. The van der Waals surface area contributed by atoms with Crippen LogP contribution in [0, 0.1) is 13.8 Å². The topological polar surface area (TPSA) is 134 Å². The molecule has 11 heteroatoms. The first-order valence-corrected chi connectivity index (χ1v) is 14.3. The van der Waals surface area contributed by atoms with Gasteiger partial charge in [0.15, 0.2) is 11.1 Å². The molecular formula is C28H25ClN4O5S. The number of sulfonamides is 1. The lowest BCUT2D eigenvalue weighted by Gasteiger charge is -2.20. The molecule has 2 aromatic carbocycles. The third kappa shape index (κ3) is 5.25. The van der Waals surface area contributed by atoms with E-state index < -0.39 is 22.0 Å². The fourth-order valence-corrected chi connectivity index (χ4v) is 5.19. The highest BCUT2D eigenvalue weighted by molar-refractivity contribution is 7.89. The summed E-state index contributed by atoms with van der Waals surface area (Å²) < 4.78 is 31.7. The lowest BCUT2D eigenvalue weighted by Crippen LogP contribution is -2.31. The maximum atomic E-state index is 13.5. The Morgan fingerprint density at radius 3 is 2.62 bits per heavy atom. The van der Waals surface area contributed by atoms with Crippen LogP contribution in [0.2, 0.25) is 5.15 Å². The SMILES string of the molecule is Cc1cc(C(C)Nc2ccc(Cl)nc2C(=O)NS(C)(=O)=O)c2oc(-c3ccc4cc[nH]c4c3)c(C)c(=O)c2c1. The van der Waals surface area contributed by atoms with Crippen molar-refractivity contribution in [2.45, 2.75) is 26.8 Å². The van der Waals surface area contributed by atoms with Crippen LogP contribution in [0.1, 0.15) is 40.1 Å². The Morgan fingerprint density at radius 2 is 1.87 bits per heavy atom. The summed E-state index contributed by atoms with van der Waals surface area (Å²) in [6, 6.07) is 14.0. The minimum Gasteiger partial charge on any atom is -0.455 e.